The van der Waals surface area contributed by atoms with Crippen LogP contribution in [0.3, 0.4) is 0 Å². The summed E-state index contributed by atoms with van der Waals surface area (Å²) in [7, 11) is 1.49. The predicted octanol–water partition coefficient (Wildman–Crippen LogP) is 4.19. The third-order valence-electron chi connectivity index (χ3n) is 5.03. The largest absolute Gasteiger partial charge is 0.497 e. The summed E-state index contributed by atoms with van der Waals surface area (Å²) < 4.78 is 51.8. The normalized spacial score (nSPS) is 20.1. The molecule has 1 atom stereocenters. The number of methoxy groups -OCH3 is 1. The van der Waals surface area contributed by atoms with E-state index in [0.29, 0.717) is 17.9 Å². The highest BCUT2D eigenvalue weighted by molar-refractivity contribution is 5.78. The first kappa shape index (κ1) is 20.2. The predicted molar refractivity (Wildman–Crippen MR) is 97.6 cm³/mol. The number of ether oxygens (including phenoxy) is 2. The summed E-state index contributed by atoms with van der Waals surface area (Å²) in [6.45, 7) is -0.0839. The summed E-state index contributed by atoms with van der Waals surface area (Å²) in [5.41, 5.74) is -1.02. The molecule has 3 rings (SSSR count). The summed E-state index contributed by atoms with van der Waals surface area (Å²) in [4.78, 5) is 14.2. The van der Waals surface area contributed by atoms with Crippen LogP contribution in [0.4, 0.5) is 13.2 Å². The molecule has 0 aliphatic carbocycles. The summed E-state index contributed by atoms with van der Waals surface area (Å²) in [6.07, 6.45) is -4.98. The van der Waals surface area contributed by atoms with Crippen LogP contribution >= 0.6 is 0 Å². The van der Waals surface area contributed by atoms with Crippen LogP contribution in [0.15, 0.2) is 54.6 Å². The van der Waals surface area contributed by atoms with Gasteiger partial charge in [-0.1, -0.05) is 42.5 Å². The molecule has 7 heteroatoms. The Bertz CT molecular complexity index is 810. The molecule has 0 bridgehead atoms. The standard InChI is InChI=1S/C21H22F3NO3/c1-27-18-9-5-8-17(12-18)14-28-19(26)20(21(22,23)24)10-11-25(15-20)13-16-6-3-2-4-7-16/h2-9,12H,10-11,13-15H2,1H3. The van der Waals surface area contributed by atoms with Gasteiger partial charge >= 0.3 is 12.1 Å². The summed E-state index contributed by atoms with van der Waals surface area (Å²) >= 11 is 0. The molecule has 0 aromatic heterocycles. The van der Waals surface area contributed by atoms with Crippen LogP contribution in [0, 0.1) is 5.41 Å². The Morgan fingerprint density at radius 1 is 1.11 bits per heavy atom. The highest BCUT2D eigenvalue weighted by atomic mass is 19.4. The number of alkyl halides is 3. The van der Waals surface area contributed by atoms with Crippen molar-refractivity contribution < 1.29 is 27.4 Å². The van der Waals surface area contributed by atoms with Gasteiger partial charge in [0.15, 0.2) is 5.41 Å². The number of benzene rings is 2. The molecule has 28 heavy (non-hydrogen) atoms. The van der Waals surface area contributed by atoms with Crippen molar-refractivity contribution in [1.82, 2.24) is 4.90 Å². The van der Waals surface area contributed by atoms with Gasteiger partial charge in [-0.25, -0.2) is 0 Å². The lowest BCUT2D eigenvalue weighted by Gasteiger charge is -2.29. The number of rotatable bonds is 6. The van der Waals surface area contributed by atoms with Gasteiger partial charge in [0.2, 0.25) is 0 Å². The minimum absolute atomic E-state index is 0.183. The van der Waals surface area contributed by atoms with Crippen LogP contribution < -0.4 is 4.74 Å². The smallest absolute Gasteiger partial charge is 0.406 e. The van der Waals surface area contributed by atoms with E-state index >= 15 is 0 Å². The number of carbonyl (C=O) groups is 1. The Hall–Kier alpha value is -2.54. The molecule has 150 valence electrons. The zero-order chi connectivity index (χ0) is 20.2. The zero-order valence-electron chi connectivity index (χ0n) is 15.5. The average molecular weight is 393 g/mol. The van der Waals surface area contributed by atoms with E-state index in [1.807, 2.05) is 30.3 Å². The first-order chi connectivity index (χ1) is 13.3. The molecule has 2 aromatic rings. The molecule has 0 amide bonds. The van der Waals surface area contributed by atoms with Crippen molar-refractivity contribution in [2.75, 3.05) is 20.2 Å². The second-order valence-electron chi connectivity index (χ2n) is 6.95. The SMILES string of the molecule is COc1cccc(COC(=O)C2(C(F)(F)F)CCN(Cc3ccccc3)C2)c1. The fraction of sp³-hybridized carbons (Fsp3) is 0.381. The number of likely N-dealkylation sites (tertiary alicyclic amines) is 1. The Morgan fingerprint density at radius 3 is 2.50 bits per heavy atom. The number of hydrogen-bond donors (Lipinski definition) is 0. The molecule has 1 aliphatic rings. The number of hydrogen-bond acceptors (Lipinski definition) is 4. The third kappa shape index (κ3) is 4.30. The number of carbonyl (C=O) groups excluding carboxylic acids is 1. The van der Waals surface area contributed by atoms with Gasteiger partial charge in [0.25, 0.3) is 0 Å². The van der Waals surface area contributed by atoms with Crippen molar-refractivity contribution in [3.8, 4) is 5.75 Å². The van der Waals surface area contributed by atoms with Crippen LogP contribution in [0.1, 0.15) is 17.5 Å². The van der Waals surface area contributed by atoms with E-state index in [-0.39, 0.29) is 19.6 Å². The van der Waals surface area contributed by atoms with Gasteiger partial charge in [0.05, 0.1) is 7.11 Å². The van der Waals surface area contributed by atoms with E-state index in [1.165, 1.54) is 7.11 Å². The maximum absolute atomic E-state index is 13.9. The van der Waals surface area contributed by atoms with E-state index < -0.39 is 24.1 Å². The molecule has 1 unspecified atom stereocenters. The van der Waals surface area contributed by atoms with Gasteiger partial charge in [-0.15, -0.1) is 0 Å². The number of halogens is 3. The molecular formula is C21H22F3NO3. The van der Waals surface area contributed by atoms with Crippen LogP contribution in [-0.4, -0.2) is 37.2 Å². The van der Waals surface area contributed by atoms with Crippen LogP contribution in [0.25, 0.3) is 0 Å². The van der Waals surface area contributed by atoms with E-state index in [0.717, 1.165) is 5.56 Å². The molecule has 1 saturated heterocycles. The molecule has 0 radical (unpaired) electrons. The van der Waals surface area contributed by atoms with E-state index in [2.05, 4.69) is 0 Å². The van der Waals surface area contributed by atoms with Crippen molar-refractivity contribution in [3.05, 3.63) is 65.7 Å². The van der Waals surface area contributed by atoms with Gasteiger partial charge in [0.1, 0.15) is 12.4 Å². The third-order valence-corrected chi connectivity index (χ3v) is 5.03. The molecule has 1 fully saturated rings. The highest BCUT2D eigenvalue weighted by Gasteiger charge is 2.64. The van der Waals surface area contributed by atoms with Crippen LogP contribution in [-0.2, 0) is 22.7 Å². The van der Waals surface area contributed by atoms with Crippen molar-refractivity contribution >= 4 is 5.97 Å². The second kappa shape index (κ2) is 8.22. The van der Waals surface area contributed by atoms with Crippen molar-refractivity contribution in [1.29, 1.82) is 0 Å². The van der Waals surface area contributed by atoms with Crippen molar-refractivity contribution in [2.45, 2.75) is 25.7 Å². The fourth-order valence-corrected chi connectivity index (χ4v) is 3.43. The van der Waals surface area contributed by atoms with Crippen LogP contribution in [0.2, 0.25) is 0 Å². The minimum atomic E-state index is -4.68. The lowest BCUT2D eigenvalue weighted by molar-refractivity contribution is -0.231. The lowest BCUT2D eigenvalue weighted by Crippen LogP contribution is -2.48. The fourth-order valence-electron chi connectivity index (χ4n) is 3.43. The Kier molecular flexibility index (Phi) is 5.93. The quantitative estimate of drug-likeness (QED) is 0.690. The molecule has 4 nitrogen and oxygen atoms in total. The molecular weight excluding hydrogens is 371 g/mol. The first-order valence-electron chi connectivity index (χ1n) is 8.97. The Balaban J connectivity index is 1.70. The van der Waals surface area contributed by atoms with E-state index in [9.17, 15) is 18.0 Å². The van der Waals surface area contributed by atoms with Crippen molar-refractivity contribution in [3.63, 3.8) is 0 Å². The Morgan fingerprint density at radius 2 is 1.82 bits per heavy atom. The monoisotopic (exact) mass is 393 g/mol. The summed E-state index contributed by atoms with van der Waals surface area (Å²) in [5.74, 6) is -0.674. The molecule has 0 saturated carbocycles. The van der Waals surface area contributed by atoms with E-state index in [1.54, 1.807) is 29.2 Å². The highest BCUT2D eigenvalue weighted by Crippen LogP contribution is 2.47. The maximum Gasteiger partial charge on any atom is 0.406 e. The maximum atomic E-state index is 13.9. The van der Waals surface area contributed by atoms with Gasteiger partial charge < -0.3 is 9.47 Å². The summed E-state index contributed by atoms with van der Waals surface area (Å²) in [5, 5.41) is 0. The lowest BCUT2D eigenvalue weighted by atomic mass is 9.86. The van der Waals surface area contributed by atoms with Crippen molar-refractivity contribution in [2.24, 2.45) is 5.41 Å². The molecule has 0 spiro atoms. The summed E-state index contributed by atoms with van der Waals surface area (Å²) in [6, 6.07) is 15.9. The first-order valence-corrected chi connectivity index (χ1v) is 8.97. The van der Waals surface area contributed by atoms with Gasteiger partial charge in [0, 0.05) is 19.6 Å². The van der Waals surface area contributed by atoms with Crippen LogP contribution in [0.5, 0.6) is 5.75 Å². The van der Waals surface area contributed by atoms with Gasteiger partial charge in [-0.3, -0.25) is 9.69 Å². The molecule has 1 heterocycles. The topological polar surface area (TPSA) is 38.8 Å². The minimum Gasteiger partial charge on any atom is -0.497 e. The Labute approximate surface area is 161 Å². The number of nitrogens with zero attached hydrogens (tertiary/aromatic N) is 1. The number of esters is 1. The molecule has 0 N–H and O–H groups in total. The van der Waals surface area contributed by atoms with Gasteiger partial charge in [-0.05, 0) is 29.7 Å². The second-order valence-corrected chi connectivity index (χ2v) is 6.95. The average Bonchev–Trinajstić information content (AvgIpc) is 3.12. The zero-order valence-corrected chi connectivity index (χ0v) is 15.5. The molecule has 2 aromatic carbocycles. The van der Waals surface area contributed by atoms with E-state index in [4.69, 9.17) is 9.47 Å². The molecule has 1 aliphatic heterocycles. The van der Waals surface area contributed by atoms with Gasteiger partial charge in [-0.2, -0.15) is 13.2 Å².